The van der Waals surface area contributed by atoms with Gasteiger partial charge in [0.25, 0.3) is 0 Å². The highest BCUT2D eigenvalue weighted by atomic mass is 16.5. The summed E-state index contributed by atoms with van der Waals surface area (Å²) in [6.07, 6.45) is 12.8. The van der Waals surface area contributed by atoms with Gasteiger partial charge in [0.15, 0.2) is 0 Å². The molecule has 1 N–H and O–H groups in total. The lowest BCUT2D eigenvalue weighted by molar-refractivity contribution is 0.171. The van der Waals surface area contributed by atoms with Crippen LogP contribution in [0.2, 0.25) is 0 Å². The van der Waals surface area contributed by atoms with Gasteiger partial charge in [0.1, 0.15) is 0 Å². The fourth-order valence-electron chi connectivity index (χ4n) is 3.49. The van der Waals surface area contributed by atoms with E-state index >= 15 is 0 Å². The van der Waals surface area contributed by atoms with E-state index in [9.17, 15) is 0 Å². The molecule has 1 aromatic heterocycles. The molecule has 1 heterocycles. The van der Waals surface area contributed by atoms with E-state index < -0.39 is 0 Å². The molecule has 0 bridgehead atoms. The zero-order valence-electron chi connectivity index (χ0n) is 13.3. The van der Waals surface area contributed by atoms with Crippen LogP contribution in [0, 0.1) is 5.41 Å². The summed E-state index contributed by atoms with van der Waals surface area (Å²) in [6.45, 7) is 2.89. The third kappa shape index (κ3) is 4.07. The van der Waals surface area contributed by atoms with E-state index in [4.69, 9.17) is 9.84 Å². The first-order chi connectivity index (χ1) is 10.3. The Morgan fingerprint density at radius 1 is 1.33 bits per heavy atom. The van der Waals surface area contributed by atoms with Gasteiger partial charge in [-0.05, 0) is 43.6 Å². The lowest BCUT2D eigenvalue weighted by Crippen LogP contribution is -2.25. The number of rotatable bonds is 8. The van der Waals surface area contributed by atoms with E-state index in [1.54, 1.807) is 7.11 Å². The Morgan fingerprint density at radius 3 is 2.86 bits per heavy atom. The monoisotopic (exact) mass is 291 g/mol. The molecule has 0 saturated heterocycles. The average molecular weight is 291 g/mol. The Morgan fingerprint density at radius 2 is 2.14 bits per heavy atom. The lowest BCUT2D eigenvalue weighted by atomic mass is 9.96. The first kappa shape index (κ1) is 15.0. The third-order valence-corrected chi connectivity index (χ3v) is 5.21. The molecule has 0 amide bonds. The van der Waals surface area contributed by atoms with Gasteiger partial charge in [0.05, 0.1) is 11.7 Å². The zero-order chi connectivity index (χ0) is 14.5. The summed E-state index contributed by atoms with van der Waals surface area (Å²) in [5, 5.41) is 8.36. The van der Waals surface area contributed by atoms with E-state index in [1.807, 2.05) is 0 Å². The van der Waals surface area contributed by atoms with Crippen molar-refractivity contribution in [1.82, 2.24) is 15.1 Å². The van der Waals surface area contributed by atoms with Gasteiger partial charge in [-0.2, -0.15) is 5.10 Å². The van der Waals surface area contributed by atoms with Crippen molar-refractivity contribution in [3.63, 3.8) is 0 Å². The van der Waals surface area contributed by atoms with Crippen LogP contribution in [0.3, 0.4) is 0 Å². The molecular weight excluding hydrogens is 262 g/mol. The third-order valence-electron chi connectivity index (χ3n) is 5.21. The molecule has 21 heavy (non-hydrogen) atoms. The average Bonchev–Trinajstić information content (AvgIpc) is 3.13. The van der Waals surface area contributed by atoms with Gasteiger partial charge < -0.3 is 10.1 Å². The van der Waals surface area contributed by atoms with E-state index in [0.29, 0.717) is 11.5 Å². The maximum absolute atomic E-state index is 5.21. The van der Waals surface area contributed by atoms with Crippen LogP contribution >= 0.6 is 0 Å². The summed E-state index contributed by atoms with van der Waals surface area (Å²) < 4.78 is 7.41. The van der Waals surface area contributed by atoms with Crippen molar-refractivity contribution in [1.29, 1.82) is 0 Å². The Labute approximate surface area is 128 Å². The first-order valence-electron chi connectivity index (χ1n) is 8.55. The van der Waals surface area contributed by atoms with E-state index in [2.05, 4.69) is 22.3 Å². The predicted molar refractivity (Wildman–Crippen MR) is 84.2 cm³/mol. The molecule has 1 aromatic rings. The van der Waals surface area contributed by atoms with Crippen LogP contribution in [0.5, 0.6) is 0 Å². The van der Waals surface area contributed by atoms with Gasteiger partial charge in [0.2, 0.25) is 0 Å². The van der Waals surface area contributed by atoms with Crippen LogP contribution in [0.25, 0.3) is 0 Å². The van der Waals surface area contributed by atoms with Crippen molar-refractivity contribution in [3.05, 3.63) is 18.0 Å². The number of nitrogens with zero attached hydrogens (tertiary/aromatic N) is 2. The fourth-order valence-corrected chi connectivity index (χ4v) is 3.49. The molecule has 0 atom stereocenters. The maximum Gasteiger partial charge on any atom is 0.0762 e. The largest absolute Gasteiger partial charge is 0.385 e. The van der Waals surface area contributed by atoms with E-state index in [-0.39, 0.29) is 0 Å². The highest BCUT2D eigenvalue weighted by molar-refractivity contribution is 5.01. The summed E-state index contributed by atoms with van der Waals surface area (Å²) >= 11 is 0. The smallest absolute Gasteiger partial charge is 0.0762 e. The minimum atomic E-state index is 0.516. The predicted octanol–water partition coefficient (Wildman–Crippen LogP) is 3.29. The lowest BCUT2D eigenvalue weighted by Gasteiger charge is -2.21. The molecule has 4 nitrogen and oxygen atoms in total. The SMILES string of the molecule is COCCC1(CNCc2ccn(C3CCCCC3)n2)CC1. The standard InChI is InChI=1S/C17H29N3O/c1-21-12-10-17(8-9-17)14-18-13-15-7-11-20(19-15)16-5-3-2-4-6-16/h7,11,16,18H,2-6,8-10,12-14H2,1H3. The van der Waals surface area contributed by atoms with Crippen LogP contribution in [-0.2, 0) is 11.3 Å². The molecule has 0 unspecified atom stereocenters. The Hall–Kier alpha value is -0.870. The van der Waals surface area contributed by atoms with Gasteiger partial charge in [-0.25, -0.2) is 0 Å². The molecule has 0 aliphatic heterocycles. The molecule has 3 rings (SSSR count). The summed E-state index contributed by atoms with van der Waals surface area (Å²) in [6, 6.07) is 2.82. The highest BCUT2D eigenvalue weighted by Gasteiger charge is 2.41. The van der Waals surface area contributed by atoms with Crippen molar-refractivity contribution in [2.45, 2.75) is 64.0 Å². The maximum atomic E-state index is 5.21. The van der Waals surface area contributed by atoms with Crippen molar-refractivity contribution in [2.24, 2.45) is 5.41 Å². The fraction of sp³-hybridized carbons (Fsp3) is 0.824. The molecule has 2 aliphatic rings. The topological polar surface area (TPSA) is 39.1 Å². The number of nitrogens with one attached hydrogen (secondary N) is 1. The number of aromatic nitrogens is 2. The Balaban J connectivity index is 1.42. The second-order valence-electron chi connectivity index (χ2n) is 6.93. The molecule has 118 valence electrons. The highest BCUT2D eigenvalue weighted by Crippen LogP contribution is 2.48. The summed E-state index contributed by atoms with van der Waals surface area (Å²) in [5.74, 6) is 0. The molecule has 0 radical (unpaired) electrons. The molecular formula is C17H29N3O. The van der Waals surface area contributed by atoms with Crippen LogP contribution in [0.15, 0.2) is 12.3 Å². The van der Waals surface area contributed by atoms with E-state index in [0.717, 1.165) is 19.7 Å². The van der Waals surface area contributed by atoms with Gasteiger partial charge in [-0.15, -0.1) is 0 Å². The molecule has 4 heteroatoms. The van der Waals surface area contributed by atoms with Gasteiger partial charge >= 0.3 is 0 Å². The second kappa shape index (κ2) is 6.93. The Bertz CT molecular complexity index is 433. The van der Waals surface area contributed by atoms with Crippen molar-refractivity contribution < 1.29 is 4.74 Å². The number of methoxy groups -OCH3 is 1. The minimum absolute atomic E-state index is 0.516. The summed E-state index contributed by atoms with van der Waals surface area (Å²) in [7, 11) is 1.79. The van der Waals surface area contributed by atoms with Crippen LogP contribution in [-0.4, -0.2) is 30.0 Å². The van der Waals surface area contributed by atoms with Crippen molar-refractivity contribution >= 4 is 0 Å². The Kier molecular flexibility index (Phi) is 4.96. The number of hydrogen-bond acceptors (Lipinski definition) is 3. The minimum Gasteiger partial charge on any atom is -0.385 e. The number of ether oxygens (including phenoxy) is 1. The van der Waals surface area contributed by atoms with Crippen LogP contribution in [0.1, 0.15) is 63.1 Å². The molecule has 0 spiro atoms. The quantitative estimate of drug-likeness (QED) is 0.799. The zero-order valence-corrected chi connectivity index (χ0v) is 13.3. The molecule has 2 fully saturated rings. The van der Waals surface area contributed by atoms with Crippen LogP contribution < -0.4 is 5.32 Å². The molecule has 2 aliphatic carbocycles. The van der Waals surface area contributed by atoms with Crippen LogP contribution in [0.4, 0.5) is 0 Å². The molecule has 2 saturated carbocycles. The van der Waals surface area contributed by atoms with Crippen molar-refractivity contribution in [3.8, 4) is 0 Å². The van der Waals surface area contributed by atoms with Gasteiger partial charge in [-0.3, -0.25) is 4.68 Å². The normalized spacial score (nSPS) is 21.6. The second-order valence-corrected chi connectivity index (χ2v) is 6.93. The van der Waals surface area contributed by atoms with Gasteiger partial charge in [0, 0.05) is 33.0 Å². The van der Waals surface area contributed by atoms with Gasteiger partial charge in [-0.1, -0.05) is 19.3 Å². The summed E-state index contributed by atoms with van der Waals surface area (Å²) in [5.41, 5.74) is 1.70. The van der Waals surface area contributed by atoms with Crippen molar-refractivity contribution in [2.75, 3.05) is 20.3 Å². The molecule has 0 aromatic carbocycles. The first-order valence-corrected chi connectivity index (χ1v) is 8.55. The van der Waals surface area contributed by atoms with E-state index in [1.165, 1.54) is 57.1 Å². The summed E-state index contributed by atoms with van der Waals surface area (Å²) in [4.78, 5) is 0. The number of hydrogen-bond donors (Lipinski definition) is 1.